The summed E-state index contributed by atoms with van der Waals surface area (Å²) in [7, 11) is 0. The van der Waals surface area contributed by atoms with Crippen LogP contribution in [-0.2, 0) is 4.79 Å². The number of rotatable bonds is 5. The molecule has 114 valence electrons. The van der Waals surface area contributed by atoms with Crippen molar-refractivity contribution in [1.82, 2.24) is 0 Å². The third kappa shape index (κ3) is 4.76. The van der Waals surface area contributed by atoms with Crippen molar-refractivity contribution in [3.63, 3.8) is 0 Å². The van der Waals surface area contributed by atoms with E-state index in [0.717, 1.165) is 9.37 Å². The van der Waals surface area contributed by atoms with Gasteiger partial charge in [-0.25, -0.2) is 4.79 Å². The summed E-state index contributed by atoms with van der Waals surface area (Å²) in [5.41, 5.74) is 0.199. The van der Waals surface area contributed by atoms with E-state index in [2.05, 4.69) is 21.2 Å². The summed E-state index contributed by atoms with van der Waals surface area (Å²) in [5.74, 6) is -1.25. The monoisotopic (exact) mass is 399 g/mol. The number of aromatic carboxylic acids is 1. The van der Waals surface area contributed by atoms with Crippen LogP contribution >= 0.6 is 39.3 Å². The summed E-state index contributed by atoms with van der Waals surface area (Å²) >= 11 is 10.6. The van der Waals surface area contributed by atoms with Crippen LogP contribution in [0.4, 0.5) is 5.69 Å². The molecule has 4 nitrogen and oxygen atoms in total. The summed E-state index contributed by atoms with van der Waals surface area (Å²) in [6.45, 7) is 0. The van der Waals surface area contributed by atoms with E-state index < -0.39 is 5.97 Å². The Kier molecular flexibility index (Phi) is 5.88. The van der Waals surface area contributed by atoms with E-state index in [1.54, 1.807) is 0 Å². The zero-order chi connectivity index (χ0) is 16.1. The molecular weight excluding hydrogens is 390 g/mol. The highest BCUT2D eigenvalue weighted by Gasteiger charge is 2.13. The fourth-order valence-corrected chi connectivity index (χ4v) is 3.18. The smallest absolute Gasteiger partial charge is 0.337 e. The van der Waals surface area contributed by atoms with Crippen molar-refractivity contribution in [1.29, 1.82) is 0 Å². The van der Waals surface area contributed by atoms with Crippen LogP contribution in [0.5, 0.6) is 0 Å². The normalized spacial score (nSPS) is 10.3. The summed E-state index contributed by atoms with van der Waals surface area (Å²) in [4.78, 5) is 24.0. The lowest BCUT2D eigenvalue weighted by Gasteiger charge is -2.09. The molecule has 22 heavy (non-hydrogen) atoms. The van der Waals surface area contributed by atoms with Gasteiger partial charge in [-0.1, -0.05) is 33.6 Å². The van der Waals surface area contributed by atoms with Crippen molar-refractivity contribution < 1.29 is 14.7 Å². The topological polar surface area (TPSA) is 66.4 Å². The number of halogens is 2. The second-order valence-corrected chi connectivity index (χ2v) is 6.69. The number of carboxylic acids is 1. The van der Waals surface area contributed by atoms with Gasteiger partial charge in [0.25, 0.3) is 0 Å². The number of amides is 1. The van der Waals surface area contributed by atoms with E-state index in [-0.39, 0.29) is 22.9 Å². The Morgan fingerprint density at radius 2 is 2.00 bits per heavy atom. The Morgan fingerprint density at radius 3 is 2.68 bits per heavy atom. The Hall–Kier alpha value is -1.50. The summed E-state index contributed by atoms with van der Waals surface area (Å²) in [5, 5.41) is 12.0. The van der Waals surface area contributed by atoms with Crippen molar-refractivity contribution in [3.8, 4) is 0 Å². The Morgan fingerprint density at radius 1 is 1.23 bits per heavy atom. The van der Waals surface area contributed by atoms with Crippen molar-refractivity contribution in [2.75, 3.05) is 11.1 Å². The quantitative estimate of drug-likeness (QED) is 0.724. The lowest BCUT2D eigenvalue weighted by atomic mass is 10.2. The van der Waals surface area contributed by atoms with E-state index in [9.17, 15) is 9.59 Å². The Labute approximate surface area is 145 Å². The predicted octanol–water partition coefficient (Wildman–Crippen LogP) is 4.53. The summed E-state index contributed by atoms with van der Waals surface area (Å²) in [6, 6.07) is 11.8. The highest BCUT2D eigenvalue weighted by atomic mass is 79.9. The second-order valence-electron chi connectivity index (χ2n) is 4.29. The minimum atomic E-state index is -1.12. The van der Waals surface area contributed by atoms with Crippen LogP contribution in [0.1, 0.15) is 10.4 Å². The molecule has 0 spiro atoms. The number of carbonyl (C=O) groups excluding carboxylic acids is 1. The molecule has 0 aliphatic rings. The van der Waals surface area contributed by atoms with Crippen LogP contribution in [0, 0.1) is 0 Å². The van der Waals surface area contributed by atoms with E-state index in [1.807, 2.05) is 24.3 Å². The zero-order valence-electron chi connectivity index (χ0n) is 11.2. The molecule has 0 atom stereocenters. The molecule has 0 heterocycles. The van der Waals surface area contributed by atoms with Crippen molar-refractivity contribution >= 4 is 56.9 Å². The average Bonchev–Trinajstić information content (AvgIpc) is 2.45. The largest absolute Gasteiger partial charge is 0.478 e. The molecule has 0 fully saturated rings. The van der Waals surface area contributed by atoms with Gasteiger partial charge in [0.1, 0.15) is 0 Å². The van der Waals surface area contributed by atoms with Crippen LogP contribution in [0.2, 0.25) is 5.02 Å². The van der Waals surface area contributed by atoms with Crippen molar-refractivity contribution in [2.45, 2.75) is 4.90 Å². The van der Waals surface area contributed by atoms with E-state index in [0.29, 0.717) is 5.02 Å². The third-order valence-electron chi connectivity index (χ3n) is 2.65. The molecular formula is C15H11BrClNO3S. The van der Waals surface area contributed by atoms with E-state index in [4.69, 9.17) is 16.7 Å². The highest BCUT2D eigenvalue weighted by Crippen LogP contribution is 2.24. The van der Waals surface area contributed by atoms with Crippen LogP contribution in [-0.4, -0.2) is 22.7 Å². The molecule has 2 aromatic carbocycles. The number of hydrogen-bond donors (Lipinski definition) is 2. The van der Waals surface area contributed by atoms with Gasteiger partial charge >= 0.3 is 5.97 Å². The summed E-state index contributed by atoms with van der Waals surface area (Å²) < 4.78 is 0.931. The zero-order valence-corrected chi connectivity index (χ0v) is 14.3. The maximum Gasteiger partial charge on any atom is 0.337 e. The molecule has 0 aromatic heterocycles. The molecule has 0 radical (unpaired) electrons. The average molecular weight is 401 g/mol. The molecule has 0 aliphatic heterocycles. The van der Waals surface area contributed by atoms with Gasteiger partial charge in [0.15, 0.2) is 0 Å². The standard InChI is InChI=1S/C15H11BrClNO3S/c16-9-2-1-3-11(6-9)22-8-14(19)18-13-7-10(17)4-5-12(13)15(20)21/h1-7H,8H2,(H,18,19)(H,20,21). The first-order valence-corrected chi connectivity index (χ1v) is 8.32. The molecule has 2 aromatic rings. The number of carboxylic acid groups (broad SMARTS) is 1. The Bertz CT molecular complexity index is 724. The van der Waals surface area contributed by atoms with Crippen LogP contribution in [0.3, 0.4) is 0 Å². The van der Waals surface area contributed by atoms with Crippen molar-refractivity contribution in [3.05, 3.63) is 57.5 Å². The number of nitrogens with one attached hydrogen (secondary N) is 1. The number of carbonyl (C=O) groups is 2. The Balaban J connectivity index is 2.03. The van der Waals surface area contributed by atoms with Crippen LogP contribution in [0.15, 0.2) is 51.8 Å². The lowest BCUT2D eigenvalue weighted by molar-refractivity contribution is -0.113. The van der Waals surface area contributed by atoms with Crippen molar-refractivity contribution in [2.24, 2.45) is 0 Å². The molecule has 0 bridgehead atoms. The number of hydrogen-bond acceptors (Lipinski definition) is 3. The molecule has 2 N–H and O–H groups in total. The minimum absolute atomic E-state index is 0.00482. The highest BCUT2D eigenvalue weighted by molar-refractivity contribution is 9.10. The fraction of sp³-hybridized carbons (Fsp3) is 0.0667. The third-order valence-corrected chi connectivity index (χ3v) is 4.37. The van der Waals surface area contributed by atoms with Crippen LogP contribution in [0.25, 0.3) is 0 Å². The molecule has 7 heteroatoms. The number of benzene rings is 2. The predicted molar refractivity (Wildman–Crippen MR) is 91.9 cm³/mol. The molecule has 2 rings (SSSR count). The molecule has 0 aliphatic carbocycles. The number of anilines is 1. The van der Waals surface area contributed by atoms with Gasteiger partial charge in [-0.05, 0) is 36.4 Å². The van der Waals surface area contributed by atoms with E-state index >= 15 is 0 Å². The molecule has 0 saturated carbocycles. The van der Waals surface area contributed by atoms with Gasteiger partial charge in [-0.15, -0.1) is 11.8 Å². The first-order chi connectivity index (χ1) is 10.5. The lowest BCUT2D eigenvalue weighted by Crippen LogP contribution is -2.16. The van der Waals surface area contributed by atoms with Gasteiger partial charge in [-0.2, -0.15) is 0 Å². The second kappa shape index (κ2) is 7.67. The van der Waals surface area contributed by atoms with Gasteiger partial charge in [0.05, 0.1) is 17.0 Å². The maximum atomic E-state index is 12.0. The molecule has 0 unspecified atom stereocenters. The SMILES string of the molecule is O=C(CSc1cccc(Br)c1)Nc1cc(Cl)ccc1C(=O)O. The van der Waals surface area contributed by atoms with Gasteiger partial charge < -0.3 is 10.4 Å². The maximum absolute atomic E-state index is 12.0. The van der Waals surface area contributed by atoms with E-state index in [1.165, 1.54) is 30.0 Å². The molecule has 0 saturated heterocycles. The van der Waals surface area contributed by atoms with Gasteiger partial charge in [0.2, 0.25) is 5.91 Å². The minimum Gasteiger partial charge on any atom is -0.478 e. The van der Waals surface area contributed by atoms with Gasteiger partial charge in [0, 0.05) is 14.4 Å². The summed E-state index contributed by atoms with van der Waals surface area (Å²) in [6.07, 6.45) is 0. The fourth-order valence-electron chi connectivity index (χ4n) is 1.70. The van der Waals surface area contributed by atoms with Crippen LogP contribution < -0.4 is 5.32 Å². The molecule has 1 amide bonds. The van der Waals surface area contributed by atoms with Gasteiger partial charge in [-0.3, -0.25) is 4.79 Å². The first-order valence-electron chi connectivity index (χ1n) is 6.17. The first kappa shape index (κ1) is 16.9. The number of thioether (sulfide) groups is 1.